The van der Waals surface area contributed by atoms with Crippen molar-refractivity contribution < 1.29 is 13.2 Å². The zero-order valence-corrected chi connectivity index (χ0v) is 11.3. The topological polar surface area (TPSA) is 119 Å². The summed E-state index contributed by atoms with van der Waals surface area (Å²) in [5.74, 6) is 0.236. The highest BCUT2D eigenvalue weighted by atomic mass is 32.2. The average Bonchev–Trinajstić information content (AvgIpc) is 2.33. The lowest BCUT2D eigenvalue weighted by molar-refractivity contribution is -0.133. The molecule has 0 aromatic rings. The van der Waals surface area contributed by atoms with Crippen LogP contribution in [0.2, 0.25) is 0 Å². The van der Waals surface area contributed by atoms with Crippen molar-refractivity contribution in [3.8, 4) is 0 Å². The quantitative estimate of drug-likeness (QED) is 0.563. The Morgan fingerprint density at radius 2 is 2.17 bits per heavy atom. The van der Waals surface area contributed by atoms with Crippen LogP contribution in [0.1, 0.15) is 25.7 Å². The van der Waals surface area contributed by atoms with E-state index in [2.05, 4.69) is 4.72 Å². The molecule has 18 heavy (non-hydrogen) atoms. The highest BCUT2D eigenvalue weighted by Gasteiger charge is 2.23. The molecule has 0 aromatic heterocycles. The van der Waals surface area contributed by atoms with Crippen molar-refractivity contribution in [1.29, 1.82) is 0 Å². The van der Waals surface area contributed by atoms with E-state index in [1.54, 1.807) is 4.90 Å². The highest BCUT2D eigenvalue weighted by molar-refractivity contribution is 7.87. The summed E-state index contributed by atoms with van der Waals surface area (Å²) in [6.07, 6.45) is 2.95. The van der Waals surface area contributed by atoms with Gasteiger partial charge in [0.1, 0.15) is 0 Å². The first kappa shape index (κ1) is 15.4. The van der Waals surface area contributed by atoms with E-state index in [0.717, 1.165) is 19.4 Å². The minimum Gasteiger partial charge on any atom is -0.342 e. The summed E-state index contributed by atoms with van der Waals surface area (Å²) in [7, 11) is -3.65. The Hall–Kier alpha value is -0.700. The van der Waals surface area contributed by atoms with E-state index in [4.69, 9.17) is 10.9 Å². The van der Waals surface area contributed by atoms with Crippen molar-refractivity contribution in [2.75, 3.05) is 26.2 Å². The fourth-order valence-electron chi connectivity index (χ4n) is 2.10. The normalized spacial score (nSPS) is 21.0. The third kappa shape index (κ3) is 5.76. The van der Waals surface area contributed by atoms with Crippen LogP contribution in [0.25, 0.3) is 0 Å². The third-order valence-electron chi connectivity index (χ3n) is 3.04. The van der Waals surface area contributed by atoms with Gasteiger partial charge in [0.15, 0.2) is 0 Å². The molecule has 8 heteroatoms. The predicted octanol–water partition coefficient (Wildman–Crippen LogP) is -1.24. The van der Waals surface area contributed by atoms with Crippen molar-refractivity contribution in [1.82, 2.24) is 9.62 Å². The van der Waals surface area contributed by atoms with Crippen LogP contribution in [-0.4, -0.2) is 45.4 Å². The summed E-state index contributed by atoms with van der Waals surface area (Å²) >= 11 is 0. The number of nitrogens with one attached hydrogen (secondary N) is 1. The molecule has 1 amide bonds. The standard InChI is InChI=1S/C10H22N4O3S/c11-5-1-4-10(15)14-6-2-3-9(8-14)7-13-18(12,16)17/h9,13H,1-8,11H2,(H2,12,16,17). The number of likely N-dealkylation sites (tertiary alicyclic amines) is 1. The van der Waals surface area contributed by atoms with Gasteiger partial charge < -0.3 is 10.6 Å². The molecule has 1 heterocycles. The van der Waals surface area contributed by atoms with Gasteiger partial charge >= 0.3 is 0 Å². The Bertz CT molecular complexity index is 371. The van der Waals surface area contributed by atoms with Gasteiger partial charge in [-0.25, -0.2) is 9.86 Å². The predicted molar refractivity (Wildman–Crippen MR) is 68.7 cm³/mol. The fraction of sp³-hybridized carbons (Fsp3) is 0.900. The largest absolute Gasteiger partial charge is 0.342 e. The number of piperidine rings is 1. The first-order valence-corrected chi connectivity index (χ1v) is 7.72. The number of amides is 1. The van der Waals surface area contributed by atoms with Crippen molar-refractivity contribution in [2.45, 2.75) is 25.7 Å². The molecule has 1 fully saturated rings. The smallest absolute Gasteiger partial charge is 0.274 e. The van der Waals surface area contributed by atoms with E-state index in [0.29, 0.717) is 32.5 Å². The van der Waals surface area contributed by atoms with Gasteiger partial charge in [-0.15, -0.1) is 0 Å². The lowest BCUT2D eigenvalue weighted by Gasteiger charge is -2.32. The lowest BCUT2D eigenvalue weighted by atomic mass is 9.98. The Morgan fingerprint density at radius 3 is 2.78 bits per heavy atom. The summed E-state index contributed by atoms with van der Waals surface area (Å²) in [5, 5.41) is 4.88. The van der Waals surface area contributed by atoms with Crippen LogP contribution in [0, 0.1) is 5.92 Å². The monoisotopic (exact) mass is 278 g/mol. The van der Waals surface area contributed by atoms with Crippen LogP contribution in [-0.2, 0) is 15.0 Å². The summed E-state index contributed by atoms with van der Waals surface area (Å²) in [5.41, 5.74) is 5.37. The van der Waals surface area contributed by atoms with Gasteiger partial charge in [-0.1, -0.05) is 0 Å². The van der Waals surface area contributed by atoms with Gasteiger partial charge in [-0.05, 0) is 31.7 Å². The number of carbonyl (C=O) groups excluding carboxylic acids is 1. The Labute approximate surface area is 108 Å². The Kier molecular flexibility index (Phi) is 6.00. The molecule has 1 atom stereocenters. The van der Waals surface area contributed by atoms with E-state index in [-0.39, 0.29) is 11.8 Å². The van der Waals surface area contributed by atoms with Crippen LogP contribution in [0.4, 0.5) is 0 Å². The number of nitrogens with two attached hydrogens (primary N) is 2. The molecule has 5 N–H and O–H groups in total. The van der Waals surface area contributed by atoms with E-state index >= 15 is 0 Å². The van der Waals surface area contributed by atoms with Crippen LogP contribution < -0.4 is 15.6 Å². The van der Waals surface area contributed by atoms with Gasteiger partial charge in [0.25, 0.3) is 10.2 Å². The van der Waals surface area contributed by atoms with Crippen molar-refractivity contribution in [3.63, 3.8) is 0 Å². The number of rotatable bonds is 6. The molecule has 106 valence electrons. The van der Waals surface area contributed by atoms with E-state index in [9.17, 15) is 13.2 Å². The van der Waals surface area contributed by atoms with Crippen LogP contribution in [0.3, 0.4) is 0 Å². The molecule has 1 aliphatic heterocycles. The summed E-state index contributed by atoms with van der Waals surface area (Å²) < 4.78 is 23.9. The molecule has 0 aliphatic carbocycles. The molecule has 1 unspecified atom stereocenters. The highest BCUT2D eigenvalue weighted by Crippen LogP contribution is 2.16. The molecular formula is C10H22N4O3S. The SMILES string of the molecule is NCCCC(=O)N1CCCC(CNS(N)(=O)=O)C1. The molecule has 7 nitrogen and oxygen atoms in total. The van der Waals surface area contributed by atoms with Crippen molar-refractivity contribution >= 4 is 16.1 Å². The molecule has 0 spiro atoms. The second kappa shape index (κ2) is 7.03. The summed E-state index contributed by atoms with van der Waals surface area (Å²) in [6, 6.07) is 0. The Morgan fingerprint density at radius 1 is 1.44 bits per heavy atom. The molecule has 0 radical (unpaired) electrons. The number of hydrogen-bond acceptors (Lipinski definition) is 4. The number of hydrogen-bond donors (Lipinski definition) is 3. The Balaban J connectivity index is 2.38. The van der Waals surface area contributed by atoms with Crippen LogP contribution in [0.5, 0.6) is 0 Å². The lowest BCUT2D eigenvalue weighted by Crippen LogP contribution is -2.44. The van der Waals surface area contributed by atoms with E-state index < -0.39 is 10.2 Å². The van der Waals surface area contributed by atoms with Crippen LogP contribution in [0.15, 0.2) is 0 Å². The maximum atomic E-state index is 11.8. The van der Waals surface area contributed by atoms with Gasteiger partial charge in [-0.2, -0.15) is 8.42 Å². The number of carbonyl (C=O) groups is 1. The minimum atomic E-state index is -3.65. The second-order valence-electron chi connectivity index (χ2n) is 4.63. The maximum Gasteiger partial charge on any atom is 0.274 e. The molecule has 0 aromatic carbocycles. The van der Waals surface area contributed by atoms with E-state index in [1.807, 2.05) is 0 Å². The summed E-state index contributed by atoms with van der Waals surface area (Å²) in [4.78, 5) is 13.6. The van der Waals surface area contributed by atoms with Crippen molar-refractivity contribution in [2.24, 2.45) is 16.8 Å². The molecule has 0 saturated carbocycles. The zero-order valence-electron chi connectivity index (χ0n) is 10.5. The molecular weight excluding hydrogens is 256 g/mol. The molecule has 0 bridgehead atoms. The van der Waals surface area contributed by atoms with Crippen LogP contribution >= 0.6 is 0 Å². The molecule has 1 rings (SSSR count). The first-order chi connectivity index (χ1) is 8.42. The second-order valence-corrected chi connectivity index (χ2v) is 6.01. The fourth-order valence-corrected chi connectivity index (χ4v) is 2.57. The maximum absolute atomic E-state index is 11.8. The van der Waals surface area contributed by atoms with Gasteiger partial charge in [0.2, 0.25) is 5.91 Å². The molecule has 1 saturated heterocycles. The van der Waals surface area contributed by atoms with Crippen molar-refractivity contribution in [3.05, 3.63) is 0 Å². The first-order valence-electron chi connectivity index (χ1n) is 6.17. The average molecular weight is 278 g/mol. The minimum absolute atomic E-state index is 0.0979. The van der Waals surface area contributed by atoms with Gasteiger partial charge in [0.05, 0.1) is 0 Å². The zero-order chi connectivity index (χ0) is 13.6. The number of nitrogens with zero attached hydrogens (tertiary/aromatic N) is 1. The van der Waals surface area contributed by atoms with Gasteiger partial charge in [-0.3, -0.25) is 4.79 Å². The van der Waals surface area contributed by atoms with E-state index in [1.165, 1.54) is 0 Å². The third-order valence-corrected chi connectivity index (χ3v) is 3.61. The summed E-state index contributed by atoms with van der Waals surface area (Å²) in [6.45, 7) is 2.14. The van der Waals surface area contributed by atoms with Gasteiger partial charge in [0, 0.05) is 26.1 Å². The molecule has 1 aliphatic rings.